The summed E-state index contributed by atoms with van der Waals surface area (Å²) in [6, 6.07) is 17.1. The summed E-state index contributed by atoms with van der Waals surface area (Å²) < 4.78 is 34.0. The molecule has 0 saturated carbocycles. The molecule has 5 nitrogen and oxygen atoms in total. The van der Waals surface area contributed by atoms with Crippen molar-refractivity contribution in [3.63, 3.8) is 0 Å². The molecule has 3 N–H and O–H groups in total. The van der Waals surface area contributed by atoms with Gasteiger partial charge in [0.05, 0.1) is 0 Å². The zero-order valence-electron chi connectivity index (χ0n) is 11.0. The van der Waals surface area contributed by atoms with Gasteiger partial charge in [0.1, 0.15) is 15.5 Å². The normalized spacial score (nSPS) is 11.7. The third-order valence-corrected chi connectivity index (χ3v) is 3.43. The van der Waals surface area contributed by atoms with E-state index in [1.54, 1.807) is 54.6 Å². The summed E-state index contributed by atoms with van der Waals surface area (Å²) in [4.78, 5) is 0. The topological polar surface area (TPSA) is 101 Å². The molecule has 0 bridgehead atoms. The maximum absolute atomic E-state index is 11.3. The van der Waals surface area contributed by atoms with E-state index in [-0.39, 0.29) is 35.0 Å². The maximum atomic E-state index is 11.3. The SMILES string of the molecule is O.O=S(=O)([O-])C(Nc1ccccc1)c1ccccc1.[Na+]. The first-order valence-electron chi connectivity index (χ1n) is 5.38. The van der Waals surface area contributed by atoms with Gasteiger partial charge in [0.25, 0.3) is 0 Å². The van der Waals surface area contributed by atoms with E-state index >= 15 is 0 Å². The molecule has 7 heteroatoms. The molecule has 0 radical (unpaired) electrons. The fourth-order valence-electron chi connectivity index (χ4n) is 1.64. The quantitative estimate of drug-likeness (QED) is 0.550. The van der Waals surface area contributed by atoms with Gasteiger partial charge in [-0.2, -0.15) is 0 Å². The summed E-state index contributed by atoms with van der Waals surface area (Å²) in [5.41, 5.74) is 1.02. The number of hydrogen-bond acceptors (Lipinski definition) is 4. The minimum Gasteiger partial charge on any atom is -0.746 e. The number of para-hydroxylation sites is 1. The van der Waals surface area contributed by atoms with Gasteiger partial charge in [-0.15, -0.1) is 0 Å². The maximum Gasteiger partial charge on any atom is 1.00 e. The van der Waals surface area contributed by atoms with E-state index in [0.717, 1.165) is 0 Å². The Balaban J connectivity index is 0.00000180. The molecule has 20 heavy (non-hydrogen) atoms. The standard InChI is InChI=1S/C13H13NO3S.Na.H2O/c15-18(16,17)13(11-7-3-1-4-8-11)14-12-9-5-2-6-10-12;;/h1-10,13-14H,(H,15,16,17);;1H2/q;+1;/p-1. The Morgan fingerprint density at radius 1 is 0.900 bits per heavy atom. The third-order valence-electron chi connectivity index (χ3n) is 2.46. The smallest absolute Gasteiger partial charge is 0.746 e. The van der Waals surface area contributed by atoms with Crippen molar-refractivity contribution in [3.05, 3.63) is 66.2 Å². The van der Waals surface area contributed by atoms with Crippen LogP contribution in [0.3, 0.4) is 0 Å². The van der Waals surface area contributed by atoms with Gasteiger partial charge in [-0.1, -0.05) is 48.5 Å². The number of hydrogen-bond donors (Lipinski definition) is 1. The van der Waals surface area contributed by atoms with Crippen LogP contribution in [-0.2, 0) is 10.1 Å². The molecule has 0 spiro atoms. The molecule has 0 heterocycles. The van der Waals surface area contributed by atoms with E-state index < -0.39 is 15.5 Å². The van der Waals surface area contributed by atoms with E-state index in [1.165, 1.54) is 0 Å². The van der Waals surface area contributed by atoms with E-state index in [1.807, 2.05) is 6.07 Å². The van der Waals surface area contributed by atoms with Gasteiger partial charge in [-0.25, -0.2) is 8.42 Å². The van der Waals surface area contributed by atoms with Crippen LogP contribution in [0.2, 0.25) is 0 Å². The fraction of sp³-hybridized carbons (Fsp3) is 0.0769. The minimum absolute atomic E-state index is 0. The van der Waals surface area contributed by atoms with E-state index in [4.69, 9.17) is 0 Å². The van der Waals surface area contributed by atoms with Crippen molar-refractivity contribution in [1.82, 2.24) is 0 Å². The first-order valence-corrected chi connectivity index (χ1v) is 6.86. The Bertz CT molecular complexity index is 605. The van der Waals surface area contributed by atoms with Crippen LogP contribution in [0.15, 0.2) is 60.7 Å². The predicted octanol–water partition coefficient (Wildman–Crippen LogP) is -1.48. The first-order chi connectivity index (χ1) is 8.57. The monoisotopic (exact) mass is 303 g/mol. The van der Waals surface area contributed by atoms with Gasteiger partial charge >= 0.3 is 29.6 Å². The van der Waals surface area contributed by atoms with Crippen LogP contribution in [0.5, 0.6) is 0 Å². The molecule has 0 aliphatic carbocycles. The second kappa shape index (κ2) is 8.41. The summed E-state index contributed by atoms with van der Waals surface area (Å²) >= 11 is 0. The van der Waals surface area contributed by atoms with Crippen LogP contribution in [0.1, 0.15) is 10.9 Å². The Morgan fingerprint density at radius 3 is 1.80 bits per heavy atom. The predicted molar refractivity (Wildman–Crippen MR) is 72.6 cm³/mol. The van der Waals surface area contributed by atoms with Crippen molar-refractivity contribution >= 4 is 15.8 Å². The van der Waals surface area contributed by atoms with Crippen LogP contribution in [0.4, 0.5) is 5.69 Å². The molecule has 0 aliphatic heterocycles. The van der Waals surface area contributed by atoms with Gasteiger partial charge < -0.3 is 15.3 Å². The van der Waals surface area contributed by atoms with Gasteiger partial charge in [-0.3, -0.25) is 0 Å². The van der Waals surface area contributed by atoms with Crippen LogP contribution in [0, 0.1) is 0 Å². The van der Waals surface area contributed by atoms with E-state index in [9.17, 15) is 13.0 Å². The van der Waals surface area contributed by atoms with E-state index in [0.29, 0.717) is 11.3 Å². The summed E-state index contributed by atoms with van der Waals surface area (Å²) in [6.45, 7) is 0. The Hall–Kier alpha value is -0.890. The van der Waals surface area contributed by atoms with Crippen molar-refractivity contribution < 1.29 is 48.0 Å². The molecule has 0 amide bonds. The average Bonchev–Trinajstić information content (AvgIpc) is 2.37. The molecule has 0 saturated heterocycles. The van der Waals surface area contributed by atoms with Crippen molar-refractivity contribution in [2.24, 2.45) is 0 Å². The van der Waals surface area contributed by atoms with Crippen LogP contribution >= 0.6 is 0 Å². The van der Waals surface area contributed by atoms with Gasteiger partial charge in [0.2, 0.25) is 0 Å². The van der Waals surface area contributed by atoms with E-state index in [2.05, 4.69) is 5.32 Å². The molecule has 102 valence electrons. The summed E-state index contributed by atoms with van der Waals surface area (Å²) in [6.07, 6.45) is 0. The average molecular weight is 303 g/mol. The third kappa shape index (κ3) is 5.24. The Kier molecular flexibility index (Phi) is 8.03. The zero-order chi connectivity index (χ0) is 13.0. The molecule has 2 rings (SSSR count). The van der Waals surface area contributed by atoms with Crippen LogP contribution in [0.25, 0.3) is 0 Å². The van der Waals surface area contributed by atoms with Crippen molar-refractivity contribution in [2.75, 3.05) is 5.32 Å². The van der Waals surface area contributed by atoms with Crippen LogP contribution in [-0.4, -0.2) is 18.4 Å². The minimum atomic E-state index is -4.48. The molecular formula is C13H14NNaO4S. The number of rotatable bonds is 4. The van der Waals surface area contributed by atoms with Crippen molar-refractivity contribution in [2.45, 2.75) is 5.37 Å². The summed E-state index contributed by atoms with van der Waals surface area (Å²) in [7, 11) is -4.48. The van der Waals surface area contributed by atoms with Gasteiger partial charge in [0, 0.05) is 5.69 Å². The number of anilines is 1. The van der Waals surface area contributed by atoms with Gasteiger partial charge in [0.15, 0.2) is 0 Å². The Morgan fingerprint density at radius 2 is 1.35 bits per heavy atom. The van der Waals surface area contributed by atoms with Crippen molar-refractivity contribution in [1.29, 1.82) is 0 Å². The Labute approximate surface area is 140 Å². The second-order valence-electron chi connectivity index (χ2n) is 3.79. The molecule has 2 aromatic rings. The van der Waals surface area contributed by atoms with Crippen LogP contribution < -0.4 is 34.9 Å². The second-order valence-corrected chi connectivity index (χ2v) is 5.25. The molecule has 1 atom stereocenters. The summed E-state index contributed by atoms with van der Waals surface area (Å²) in [5, 5.41) is 1.46. The summed E-state index contributed by atoms with van der Waals surface area (Å²) in [5.74, 6) is 0. The van der Waals surface area contributed by atoms with Crippen molar-refractivity contribution in [3.8, 4) is 0 Å². The first kappa shape index (κ1) is 19.1. The zero-order valence-corrected chi connectivity index (χ0v) is 13.8. The molecular weight excluding hydrogens is 289 g/mol. The fourth-order valence-corrected chi connectivity index (χ4v) is 2.41. The largest absolute Gasteiger partial charge is 1.00 e. The van der Waals surface area contributed by atoms with Gasteiger partial charge in [-0.05, 0) is 17.7 Å². The molecule has 0 aromatic heterocycles. The number of benzene rings is 2. The molecule has 2 aromatic carbocycles. The molecule has 0 aliphatic rings. The number of nitrogens with one attached hydrogen (secondary N) is 1. The molecule has 0 fully saturated rings. The molecule has 1 unspecified atom stereocenters.